The van der Waals surface area contributed by atoms with E-state index in [0.717, 1.165) is 0 Å². The first-order valence-corrected chi connectivity index (χ1v) is 5.27. The molecule has 0 amide bonds. The highest BCUT2D eigenvalue weighted by molar-refractivity contribution is 7.80. The second-order valence-electron chi connectivity index (χ2n) is 3.44. The smallest absolute Gasteiger partial charge is 0.197 e. The Labute approximate surface area is 91.7 Å². The van der Waals surface area contributed by atoms with E-state index in [2.05, 4.69) is 0 Å². The molecule has 84 valence electrons. The monoisotopic (exact) mass is 220 g/mol. The van der Waals surface area contributed by atoms with Gasteiger partial charge in [0.05, 0.1) is 0 Å². The average Bonchev–Trinajstić information content (AvgIpc) is 2.01. The van der Waals surface area contributed by atoms with E-state index >= 15 is 0 Å². The lowest BCUT2D eigenvalue weighted by Gasteiger charge is -2.33. The Morgan fingerprint density at radius 3 is 1.93 bits per heavy atom. The first-order valence-electron chi connectivity index (χ1n) is 4.86. The van der Waals surface area contributed by atoms with Crippen LogP contribution in [0.4, 0.5) is 0 Å². The fourth-order valence-corrected chi connectivity index (χ4v) is 1.39. The van der Waals surface area contributed by atoms with Gasteiger partial charge in [-0.15, -0.1) is 0 Å². The van der Waals surface area contributed by atoms with Gasteiger partial charge in [-0.3, -0.25) is 0 Å². The molecule has 0 atom stereocenters. The molecule has 0 heterocycles. The first-order chi connectivity index (χ1) is 6.44. The molecule has 4 heteroatoms. The van der Waals surface area contributed by atoms with Gasteiger partial charge in [0.25, 0.3) is 0 Å². The van der Waals surface area contributed by atoms with Crippen LogP contribution in [0.25, 0.3) is 0 Å². The molecule has 0 saturated heterocycles. The van der Waals surface area contributed by atoms with Gasteiger partial charge < -0.3 is 14.2 Å². The maximum atomic E-state index is 5.49. The minimum atomic E-state index is -0.544. The van der Waals surface area contributed by atoms with Crippen LogP contribution in [0.2, 0.25) is 0 Å². The summed E-state index contributed by atoms with van der Waals surface area (Å²) < 4.78 is 16.4. The van der Waals surface area contributed by atoms with E-state index in [4.69, 9.17) is 26.4 Å². The van der Waals surface area contributed by atoms with Crippen molar-refractivity contribution in [1.29, 1.82) is 0 Å². The van der Waals surface area contributed by atoms with Gasteiger partial charge in [0, 0.05) is 20.1 Å². The molecule has 0 saturated carbocycles. The van der Waals surface area contributed by atoms with Crippen LogP contribution in [0.1, 0.15) is 34.6 Å². The van der Waals surface area contributed by atoms with Gasteiger partial charge in [-0.05, 0) is 39.9 Å². The third-order valence-corrected chi connectivity index (χ3v) is 1.69. The Morgan fingerprint density at radius 2 is 1.64 bits per heavy atom. The summed E-state index contributed by atoms with van der Waals surface area (Å²) in [4.78, 5) is 0. The molecule has 0 aromatic carbocycles. The van der Waals surface area contributed by atoms with E-state index in [-0.39, 0.29) is 6.29 Å². The lowest BCUT2D eigenvalue weighted by atomic mass is 10.1. The van der Waals surface area contributed by atoms with Gasteiger partial charge in [0.2, 0.25) is 0 Å². The zero-order chi connectivity index (χ0) is 11.2. The summed E-state index contributed by atoms with van der Waals surface area (Å²) >= 11 is 4.90. The van der Waals surface area contributed by atoms with Crippen molar-refractivity contribution in [2.75, 3.05) is 13.2 Å². The van der Waals surface area contributed by atoms with Gasteiger partial charge in [-0.25, -0.2) is 0 Å². The number of thiocarbonyl (C=S) groups is 1. The summed E-state index contributed by atoms with van der Waals surface area (Å²) in [6, 6.07) is 0. The van der Waals surface area contributed by atoms with Crippen LogP contribution in [0.5, 0.6) is 0 Å². The summed E-state index contributed by atoms with van der Waals surface area (Å²) in [6.45, 7) is 10.6. The van der Waals surface area contributed by atoms with Crippen molar-refractivity contribution in [2.24, 2.45) is 0 Å². The Balaban J connectivity index is 4.35. The van der Waals surface area contributed by atoms with Crippen molar-refractivity contribution in [3.8, 4) is 0 Å². The normalized spacial score (nSPS) is 11.9. The van der Waals surface area contributed by atoms with E-state index in [1.54, 1.807) is 6.92 Å². The highest BCUT2D eigenvalue weighted by Crippen LogP contribution is 2.19. The summed E-state index contributed by atoms with van der Waals surface area (Å²) in [7, 11) is 0. The van der Waals surface area contributed by atoms with Crippen molar-refractivity contribution >= 4 is 17.3 Å². The number of ether oxygens (including phenoxy) is 3. The van der Waals surface area contributed by atoms with Gasteiger partial charge in [-0.2, -0.15) is 0 Å². The van der Waals surface area contributed by atoms with E-state index < -0.39 is 5.60 Å². The number of hydrogen-bond acceptors (Lipinski definition) is 4. The first kappa shape index (κ1) is 13.8. The standard InChI is InChI=1S/C10H20O3S/c1-6-11-9(12-7-2)10(4,5)13-8(3)14/h9H,6-7H2,1-5H3. The Morgan fingerprint density at radius 1 is 1.21 bits per heavy atom. The van der Waals surface area contributed by atoms with E-state index in [1.165, 1.54) is 0 Å². The largest absolute Gasteiger partial charge is 0.476 e. The molecule has 0 aromatic heterocycles. The Hall–Kier alpha value is -0.190. The lowest BCUT2D eigenvalue weighted by molar-refractivity contribution is -0.216. The predicted octanol–water partition coefficient (Wildman–Crippen LogP) is 2.53. The van der Waals surface area contributed by atoms with Crippen LogP contribution in [0.15, 0.2) is 0 Å². The van der Waals surface area contributed by atoms with Crippen molar-refractivity contribution in [2.45, 2.75) is 46.5 Å². The van der Waals surface area contributed by atoms with Crippen molar-refractivity contribution in [3.05, 3.63) is 0 Å². The quantitative estimate of drug-likeness (QED) is 0.508. The highest BCUT2D eigenvalue weighted by Gasteiger charge is 2.33. The molecule has 0 radical (unpaired) electrons. The molecule has 0 fully saturated rings. The van der Waals surface area contributed by atoms with Crippen LogP contribution in [0.3, 0.4) is 0 Å². The average molecular weight is 220 g/mol. The fraction of sp³-hybridized carbons (Fsp3) is 0.900. The molecule has 0 unspecified atom stereocenters. The van der Waals surface area contributed by atoms with Crippen LogP contribution >= 0.6 is 12.2 Å². The summed E-state index contributed by atoms with van der Waals surface area (Å²) in [5.41, 5.74) is -0.544. The van der Waals surface area contributed by atoms with Gasteiger partial charge in [0.15, 0.2) is 16.9 Å². The zero-order valence-corrected chi connectivity index (χ0v) is 10.4. The predicted molar refractivity (Wildman–Crippen MR) is 60.5 cm³/mol. The van der Waals surface area contributed by atoms with E-state index in [9.17, 15) is 0 Å². The summed E-state index contributed by atoms with van der Waals surface area (Å²) in [5.74, 6) is 0. The number of rotatable bonds is 6. The summed E-state index contributed by atoms with van der Waals surface area (Å²) in [5, 5.41) is 0.499. The van der Waals surface area contributed by atoms with E-state index in [1.807, 2.05) is 27.7 Å². The minimum Gasteiger partial charge on any atom is -0.476 e. The van der Waals surface area contributed by atoms with Crippen LogP contribution < -0.4 is 0 Å². The number of hydrogen-bond donors (Lipinski definition) is 0. The van der Waals surface area contributed by atoms with Gasteiger partial charge >= 0.3 is 0 Å². The zero-order valence-electron chi connectivity index (χ0n) is 9.62. The third-order valence-electron chi connectivity index (χ3n) is 1.61. The van der Waals surface area contributed by atoms with Gasteiger partial charge in [0.1, 0.15) is 0 Å². The molecule has 0 spiro atoms. The lowest BCUT2D eigenvalue weighted by Crippen LogP contribution is -2.43. The molecular formula is C10H20O3S. The highest BCUT2D eigenvalue weighted by atomic mass is 32.1. The van der Waals surface area contributed by atoms with Crippen LogP contribution in [-0.2, 0) is 14.2 Å². The molecule has 0 rings (SSSR count). The Bertz CT molecular complexity index is 174. The summed E-state index contributed by atoms with van der Waals surface area (Å²) in [6.07, 6.45) is -0.379. The second-order valence-corrected chi connectivity index (χ2v) is 4.01. The molecule has 0 aliphatic carbocycles. The third kappa shape index (κ3) is 4.88. The maximum Gasteiger partial charge on any atom is 0.197 e. The maximum absolute atomic E-state index is 5.49. The van der Waals surface area contributed by atoms with Gasteiger partial charge in [-0.1, -0.05) is 0 Å². The SMILES string of the molecule is CCOC(OCC)C(C)(C)OC(C)=S. The molecule has 14 heavy (non-hydrogen) atoms. The minimum absolute atomic E-state index is 0.379. The second kappa shape index (κ2) is 6.32. The van der Waals surface area contributed by atoms with E-state index in [0.29, 0.717) is 18.3 Å². The molecule has 0 aliphatic rings. The molecule has 0 N–H and O–H groups in total. The Kier molecular flexibility index (Phi) is 6.24. The molecule has 0 bridgehead atoms. The fourth-order valence-electron chi connectivity index (χ4n) is 1.17. The van der Waals surface area contributed by atoms with Crippen molar-refractivity contribution in [1.82, 2.24) is 0 Å². The molecule has 0 aliphatic heterocycles. The van der Waals surface area contributed by atoms with Crippen molar-refractivity contribution < 1.29 is 14.2 Å². The van der Waals surface area contributed by atoms with Crippen LogP contribution in [-0.4, -0.2) is 30.2 Å². The van der Waals surface area contributed by atoms with Crippen LogP contribution in [0, 0.1) is 0 Å². The molecule has 0 aromatic rings. The molecule has 3 nitrogen and oxygen atoms in total. The van der Waals surface area contributed by atoms with Crippen molar-refractivity contribution in [3.63, 3.8) is 0 Å². The topological polar surface area (TPSA) is 27.7 Å². The molecular weight excluding hydrogens is 200 g/mol.